The summed E-state index contributed by atoms with van der Waals surface area (Å²) in [5, 5.41) is 19.0. The molecule has 0 heterocycles. The summed E-state index contributed by atoms with van der Waals surface area (Å²) in [5.74, 6) is 0.365. The third kappa shape index (κ3) is 5.41. The Hall–Kier alpha value is -2.11. The smallest absolute Gasteiger partial charge is 1.00 e. The predicted octanol–water partition coefficient (Wildman–Crippen LogP) is 2.95. The molecule has 0 aromatic heterocycles. The van der Waals surface area contributed by atoms with E-state index in [-0.39, 0.29) is 37.4 Å². The molecule has 0 bridgehead atoms. The van der Waals surface area contributed by atoms with Crippen LogP contribution in [0.2, 0.25) is 0 Å². The van der Waals surface area contributed by atoms with Crippen molar-refractivity contribution in [3.8, 4) is 11.5 Å². The van der Waals surface area contributed by atoms with E-state index >= 15 is 0 Å². The molecule has 0 aliphatic heterocycles. The quantitative estimate of drug-likeness (QED) is 0.672. The zero-order valence-corrected chi connectivity index (χ0v) is 12.8. The molecule has 5 heteroatoms. The number of benzene rings is 2. The number of phenolic OH excluding ortho intramolecular Hbond substituents is 2. The van der Waals surface area contributed by atoms with E-state index in [2.05, 4.69) is 9.98 Å². The molecule has 2 rings (SSSR count). The van der Waals surface area contributed by atoms with Crippen LogP contribution in [0.5, 0.6) is 11.5 Å². The van der Waals surface area contributed by atoms with Gasteiger partial charge in [-0.05, 0) is 24.3 Å². The molecular formula is C16H16MgN2O2. The molecule has 0 saturated carbocycles. The van der Waals surface area contributed by atoms with Crippen LogP contribution in [0.4, 0.5) is 0 Å². The summed E-state index contributed by atoms with van der Waals surface area (Å²) in [7, 11) is 0. The maximum absolute atomic E-state index is 9.52. The molecule has 2 aromatic rings. The Bertz CT molecular complexity index is 619. The van der Waals surface area contributed by atoms with Crippen molar-refractivity contribution in [3.63, 3.8) is 0 Å². The van der Waals surface area contributed by atoms with Crippen LogP contribution in [0.3, 0.4) is 0 Å². The minimum absolute atomic E-state index is 0. The third-order valence-corrected chi connectivity index (χ3v) is 2.54. The van der Waals surface area contributed by atoms with E-state index in [4.69, 9.17) is 0 Å². The number of para-hydroxylation sites is 2. The first-order chi connectivity index (χ1) is 9.77. The second kappa shape index (κ2) is 8.94. The summed E-state index contributed by atoms with van der Waals surface area (Å²) in [6.07, 6.45) is 6.09. The molecule has 4 nitrogen and oxygen atoms in total. The van der Waals surface area contributed by atoms with Crippen LogP contribution in [0.25, 0.3) is 0 Å². The normalized spacial score (nSPS) is 11.2. The number of hydrogen-bond acceptors (Lipinski definition) is 4. The predicted molar refractivity (Wildman–Crippen MR) is 88.5 cm³/mol. The van der Waals surface area contributed by atoms with E-state index in [1.54, 1.807) is 48.8 Å². The maximum Gasteiger partial charge on any atom is 2.00 e. The van der Waals surface area contributed by atoms with Gasteiger partial charge in [-0.3, -0.25) is 9.98 Å². The summed E-state index contributed by atoms with van der Waals surface area (Å²) in [4.78, 5) is 8.03. The fraction of sp³-hybridized carbons (Fsp3) is 0. The Morgan fingerprint density at radius 2 is 1.10 bits per heavy atom. The van der Waals surface area contributed by atoms with Crippen molar-refractivity contribution in [1.29, 1.82) is 0 Å². The minimum atomic E-state index is 0. The first-order valence-corrected chi connectivity index (χ1v) is 6.05. The van der Waals surface area contributed by atoms with Gasteiger partial charge in [0.15, 0.2) is 0 Å². The Labute approximate surface area is 142 Å². The molecule has 0 amide bonds. The molecule has 0 fully saturated rings. The number of nitrogens with zero attached hydrogens (tertiary/aromatic N) is 2. The van der Waals surface area contributed by atoms with Gasteiger partial charge in [0.05, 0.1) is 0 Å². The summed E-state index contributed by atoms with van der Waals surface area (Å²) >= 11 is 0. The van der Waals surface area contributed by atoms with Gasteiger partial charge < -0.3 is 13.1 Å². The van der Waals surface area contributed by atoms with Gasteiger partial charge in [0.25, 0.3) is 0 Å². The van der Waals surface area contributed by atoms with E-state index in [0.717, 1.165) is 0 Å². The van der Waals surface area contributed by atoms with Gasteiger partial charge in [-0.25, -0.2) is 0 Å². The topological polar surface area (TPSA) is 65.2 Å². The molecule has 21 heavy (non-hydrogen) atoms. The van der Waals surface area contributed by atoms with E-state index in [0.29, 0.717) is 11.1 Å². The number of aliphatic imine (C=N–C) groups is 2. The monoisotopic (exact) mass is 292 g/mol. The van der Waals surface area contributed by atoms with Gasteiger partial charge in [-0.1, -0.05) is 24.3 Å². The molecule has 0 aliphatic rings. The van der Waals surface area contributed by atoms with Gasteiger partial charge in [0, 0.05) is 36.0 Å². The van der Waals surface area contributed by atoms with Gasteiger partial charge in [0.2, 0.25) is 0 Å². The van der Waals surface area contributed by atoms with E-state index in [9.17, 15) is 10.2 Å². The van der Waals surface area contributed by atoms with Crippen LogP contribution < -0.4 is 0 Å². The molecular weight excluding hydrogens is 276 g/mol. The molecule has 0 saturated heterocycles. The van der Waals surface area contributed by atoms with Crippen molar-refractivity contribution in [2.45, 2.75) is 0 Å². The standard InChI is InChI=1S/C16H14N2O2.Mg.2H/c19-15-7-3-1-5-13(15)11-17-9-10-18-12-14-6-2-4-8-16(14)20;;;/h1-12,19-20H;;;/q;+2;2*-1. The zero-order chi connectivity index (χ0) is 14.2. The molecule has 2 N–H and O–H groups in total. The van der Waals surface area contributed by atoms with Crippen LogP contribution >= 0.6 is 0 Å². The van der Waals surface area contributed by atoms with Crippen molar-refractivity contribution in [2.75, 3.05) is 0 Å². The number of hydrogen-bond donors (Lipinski definition) is 2. The Kier molecular flexibility index (Phi) is 7.21. The maximum atomic E-state index is 9.52. The van der Waals surface area contributed by atoms with E-state index < -0.39 is 0 Å². The average molecular weight is 293 g/mol. The van der Waals surface area contributed by atoms with Crippen LogP contribution in [0, 0.1) is 0 Å². The number of aromatic hydroxyl groups is 2. The zero-order valence-electron chi connectivity index (χ0n) is 13.4. The van der Waals surface area contributed by atoms with Crippen LogP contribution in [-0.4, -0.2) is 45.7 Å². The Morgan fingerprint density at radius 1 is 0.714 bits per heavy atom. The average Bonchev–Trinajstić information content (AvgIpc) is 2.46. The number of phenols is 2. The van der Waals surface area contributed by atoms with Crippen molar-refractivity contribution in [1.82, 2.24) is 0 Å². The number of rotatable bonds is 4. The van der Waals surface area contributed by atoms with Gasteiger partial charge >= 0.3 is 23.1 Å². The summed E-state index contributed by atoms with van der Waals surface area (Å²) < 4.78 is 0. The summed E-state index contributed by atoms with van der Waals surface area (Å²) in [6.45, 7) is 0. The van der Waals surface area contributed by atoms with Crippen LogP contribution in [0.15, 0.2) is 70.9 Å². The Balaban J connectivity index is 0. The summed E-state index contributed by atoms with van der Waals surface area (Å²) in [5.41, 5.74) is 1.28. The molecule has 104 valence electrons. The van der Waals surface area contributed by atoms with Crippen molar-refractivity contribution in [3.05, 3.63) is 72.1 Å². The van der Waals surface area contributed by atoms with E-state index in [1.165, 1.54) is 12.4 Å². The molecule has 0 unspecified atom stereocenters. The van der Waals surface area contributed by atoms with Crippen molar-refractivity contribution in [2.24, 2.45) is 9.98 Å². The van der Waals surface area contributed by atoms with Gasteiger partial charge in [-0.15, -0.1) is 0 Å². The molecule has 0 aliphatic carbocycles. The fourth-order valence-electron chi connectivity index (χ4n) is 1.52. The first-order valence-electron chi connectivity index (χ1n) is 6.05. The van der Waals surface area contributed by atoms with Crippen LogP contribution in [-0.2, 0) is 0 Å². The second-order valence-electron chi connectivity index (χ2n) is 3.97. The van der Waals surface area contributed by atoms with Gasteiger partial charge in [0.1, 0.15) is 11.5 Å². The SMILES string of the molecule is Oc1ccccc1C=NC=CN=Cc1ccccc1O.[H-].[H-].[Mg+2]. The molecule has 2 aromatic carbocycles. The van der Waals surface area contributed by atoms with Crippen LogP contribution in [0.1, 0.15) is 14.0 Å². The summed E-state index contributed by atoms with van der Waals surface area (Å²) in [6, 6.07) is 13.9. The van der Waals surface area contributed by atoms with Crippen molar-refractivity contribution >= 4 is 35.5 Å². The molecule has 0 atom stereocenters. The fourth-order valence-corrected chi connectivity index (χ4v) is 1.52. The van der Waals surface area contributed by atoms with E-state index in [1.807, 2.05) is 12.1 Å². The Morgan fingerprint density at radius 3 is 1.48 bits per heavy atom. The first kappa shape index (κ1) is 16.9. The molecule has 0 radical (unpaired) electrons. The van der Waals surface area contributed by atoms with Gasteiger partial charge in [-0.2, -0.15) is 0 Å². The second-order valence-corrected chi connectivity index (χ2v) is 3.97. The third-order valence-electron chi connectivity index (χ3n) is 2.54. The van der Waals surface area contributed by atoms with Crippen molar-refractivity contribution < 1.29 is 13.1 Å². The largest absolute Gasteiger partial charge is 2.00 e. The minimum Gasteiger partial charge on any atom is -1.00 e. The molecule has 0 spiro atoms.